The standard InChI is InChI=1S/C14H16BrNS/c1-16-10-12(11-5-3-2-4-6-11)9-13-7-8-14(15)17-13/h2-8,12,16H,9-10H2,1H3. The fraction of sp³-hybridized carbons (Fsp3) is 0.286. The van der Waals surface area contributed by atoms with Crippen LogP contribution in [0, 0.1) is 0 Å². The maximum absolute atomic E-state index is 3.52. The molecule has 1 N–H and O–H groups in total. The fourth-order valence-electron chi connectivity index (χ4n) is 1.98. The minimum absolute atomic E-state index is 0.548. The Morgan fingerprint density at radius 3 is 2.53 bits per heavy atom. The maximum Gasteiger partial charge on any atom is 0.0701 e. The molecular weight excluding hydrogens is 294 g/mol. The lowest BCUT2D eigenvalue weighted by molar-refractivity contribution is 0.630. The topological polar surface area (TPSA) is 12.0 Å². The Balaban J connectivity index is 2.13. The van der Waals surface area contributed by atoms with Crippen LogP contribution in [0.5, 0.6) is 0 Å². The second kappa shape index (κ2) is 6.34. The smallest absolute Gasteiger partial charge is 0.0701 e. The number of thiophene rings is 1. The summed E-state index contributed by atoms with van der Waals surface area (Å²) in [5.74, 6) is 0.548. The van der Waals surface area contributed by atoms with Crippen LogP contribution in [-0.2, 0) is 6.42 Å². The molecule has 0 spiro atoms. The summed E-state index contributed by atoms with van der Waals surface area (Å²) in [5, 5.41) is 3.29. The van der Waals surface area contributed by atoms with Crippen molar-refractivity contribution in [3.05, 3.63) is 56.7 Å². The SMILES string of the molecule is CNCC(Cc1ccc(Br)s1)c1ccccc1. The molecule has 0 aliphatic carbocycles. The number of hydrogen-bond donors (Lipinski definition) is 1. The van der Waals surface area contributed by atoms with Gasteiger partial charge in [-0.15, -0.1) is 11.3 Å². The maximum atomic E-state index is 3.52. The first-order valence-corrected chi connectivity index (χ1v) is 7.34. The van der Waals surface area contributed by atoms with Gasteiger partial charge in [-0.25, -0.2) is 0 Å². The van der Waals surface area contributed by atoms with E-state index in [1.807, 2.05) is 18.4 Å². The molecule has 0 saturated heterocycles. The Bertz CT molecular complexity index is 452. The third-order valence-electron chi connectivity index (χ3n) is 2.80. The molecule has 0 aliphatic heterocycles. The normalized spacial score (nSPS) is 12.6. The molecule has 1 nitrogen and oxygen atoms in total. The zero-order valence-electron chi connectivity index (χ0n) is 9.82. The highest BCUT2D eigenvalue weighted by Crippen LogP contribution is 2.27. The van der Waals surface area contributed by atoms with E-state index in [9.17, 15) is 0 Å². The van der Waals surface area contributed by atoms with Gasteiger partial charge in [-0.05, 0) is 47.1 Å². The number of hydrogen-bond acceptors (Lipinski definition) is 2. The van der Waals surface area contributed by atoms with Crippen molar-refractivity contribution in [2.24, 2.45) is 0 Å². The number of benzene rings is 1. The van der Waals surface area contributed by atoms with Crippen molar-refractivity contribution in [3.63, 3.8) is 0 Å². The Morgan fingerprint density at radius 2 is 1.94 bits per heavy atom. The van der Waals surface area contributed by atoms with Gasteiger partial charge in [0.2, 0.25) is 0 Å². The summed E-state index contributed by atoms with van der Waals surface area (Å²) in [6.45, 7) is 1.01. The molecule has 2 aromatic rings. The van der Waals surface area contributed by atoms with Gasteiger partial charge in [-0.2, -0.15) is 0 Å². The summed E-state index contributed by atoms with van der Waals surface area (Å²) in [6, 6.07) is 15.1. The Kier molecular flexibility index (Phi) is 4.77. The van der Waals surface area contributed by atoms with Crippen LogP contribution in [0.2, 0.25) is 0 Å². The van der Waals surface area contributed by atoms with Gasteiger partial charge >= 0.3 is 0 Å². The summed E-state index contributed by atoms with van der Waals surface area (Å²) in [7, 11) is 2.01. The third-order valence-corrected chi connectivity index (χ3v) is 4.44. The van der Waals surface area contributed by atoms with Gasteiger partial charge in [0.25, 0.3) is 0 Å². The van der Waals surface area contributed by atoms with Gasteiger partial charge < -0.3 is 5.32 Å². The van der Waals surface area contributed by atoms with Crippen molar-refractivity contribution in [2.45, 2.75) is 12.3 Å². The number of likely N-dealkylation sites (N-methyl/N-ethyl adjacent to an activating group) is 1. The van der Waals surface area contributed by atoms with Crippen molar-refractivity contribution in [2.75, 3.05) is 13.6 Å². The van der Waals surface area contributed by atoms with Gasteiger partial charge in [-0.3, -0.25) is 0 Å². The third kappa shape index (κ3) is 3.66. The molecule has 0 radical (unpaired) electrons. The number of nitrogens with one attached hydrogen (secondary N) is 1. The molecule has 1 heterocycles. The van der Waals surface area contributed by atoms with Gasteiger partial charge in [0, 0.05) is 17.3 Å². The van der Waals surface area contributed by atoms with Crippen LogP contribution in [0.3, 0.4) is 0 Å². The first-order valence-electron chi connectivity index (χ1n) is 5.73. The molecule has 0 saturated carbocycles. The minimum atomic E-state index is 0.548. The quantitative estimate of drug-likeness (QED) is 0.878. The van der Waals surface area contributed by atoms with Crippen LogP contribution < -0.4 is 5.32 Å². The average Bonchev–Trinajstić information content (AvgIpc) is 2.75. The molecule has 2 rings (SSSR count). The van der Waals surface area contributed by atoms with Crippen molar-refractivity contribution >= 4 is 27.3 Å². The number of halogens is 1. The first kappa shape index (κ1) is 12.8. The summed E-state index contributed by atoms with van der Waals surface area (Å²) in [6.07, 6.45) is 1.10. The van der Waals surface area contributed by atoms with E-state index < -0.39 is 0 Å². The Morgan fingerprint density at radius 1 is 1.18 bits per heavy atom. The predicted molar refractivity (Wildman–Crippen MR) is 78.8 cm³/mol. The molecule has 1 atom stereocenters. The van der Waals surface area contributed by atoms with Crippen LogP contribution in [-0.4, -0.2) is 13.6 Å². The highest BCUT2D eigenvalue weighted by atomic mass is 79.9. The summed E-state index contributed by atoms with van der Waals surface area (Å²) < 4.78 is 1.21. The molecule has 0 amide bonds. The zero-order valence-corrected chi connectivity index (χ0v) is 12.2. The average molecular weight is 310 g/mol. The van der Waals surface area contributed by atoms with E-state index in [1.54, 1.807) is 0 Å². The van der Waals surface area contributed by atoms with E-state index in [1.165, 1.54) is 14.2 Å². The highest BCUT2D eigenvalue weighted by molar-refractivity contribution is 9.11. The van der Waals surface area contributed by atoms with Crippen molar-refractivity contribution in [1.82, 2.24) is 5.32 Å². The molecule has 1 aromatic carbocycles. The summed E-state index contributed by atoms with van der Waals surface area (Å²) in [4.78, 5) is 1.43. The van der Waals surface area contributed by atoms with Crippen LogP contribution in [0.1, 0.15) is 16.4 Å². The van der Waals surface area contributed by atoms with Crippen LogP contribution in [0.15, 0.2) is 46.3 Å². The largest absolute Gasteiger partial charge is 0.319 e. The van der Waals surface area contributed by atoms with E-state index >= 15 is 0 Å². The van der Waals surface area contributed by atoms with E-state index in [4.69, 9.17) is 0 Å². The highest BCUT2D eigenvalue weighted by Gasteiger charge is 2.12. The monoisotopic (exact) mass is 309 g/mol. The first-order chi connectivity index (χ1) is 8.29. The van der Waals surface area contributed by atoms with E-state index in [0.717, 1.165) is 13.0 Å². The molecular formula is C14H16BrNS. The van der Waals surface area contributed by atoms with Gasteiger partial charge in [-0.1, -0.05) is 30.3 Å². The lowest BCUT2D eigenvalue weighted by Gasteiger charge is -2.16. The van der Waals surface area contributed by atoms with Crippen molar-refractivity contribution in [3.8, 4) is 0 Å². The van der Waals surface area contributed by atoms with E-state index in [0.29, 0.717) is 5.92 Å². The molecule has 90 valence electrons. The Hall–Kier alpha value is -0.640. The van der Waals surface area contributed by atoms with Gasteiger partial charge in [0.1, 0.15) is 0 Å². The van der Waals surface area contributed by atoms with Crippen LogP contribution >= 0.6 is 27.3 Å². The van der Waals surface area contributed by atoms with Crippen molar-refractivity contribution in [1.29, 1.82) is 0 Å². The molecule has 3 heteroatoms. The lowest BCUT2D eigenvalue weighted by atomic mass is 9.95. The molecule has 0 bridgehead atoms. The molecule has 1 unspecified atom stereocenters. The fourth-order valence-corrected chi connectivity index (χ4v) is 3.55. The van der Waals surface area contributed by atoms with Crippen LogP contribution in [0.4, 0.5) is 0 Å². The molecule has 17 heavy (non-hydrogen) atoms. The second-order valence-corrected chi connectivity index (χ2v) is 6.62. The second-order valence-electron chi connectivity index (χ2n) is 4.08. The molecule has 0 aliphatic rings. The number of rotatable bonds is 5. The van der Waals surface area contributed by atoms with Crippen LogP contribution in [0.25, 0.3) is 0 Å². The van der Waals surface area contributed by atoms with Gasteiger partial charge in [0.15, 0.2) is 0 Å². The van der Waals surface area contributed by atoms with E-state index in [2.05, 4.69) is 63.7 Å². The minimum Gasteiger partial charge on any atom is -0.319 e. The van der Waals surface area contributed by atoms with Crippen molar-refractivity contribution < 1.29 is 0 Å². The predicted octanol–water partition coefficient (Wildman–Crippen LogP) is 4.06. The zero-order chi connectivity index (χ0) is 12.1. The summed E-state index contributed by atoms with van der Waals surface area (Å²) >= 11 is 5.35. The van der Waals surface area contributed by atoms with Gasteiger partial charge in [0.05, 0.1) is 3.79 Å². The Labute approximate surface area is 115 Å². The summed E-state index contributed by atoms with van der Waals surface area (Å²) in [5.41, 5.74) is 1.41. The molecule has 1 aromatic heterocycles. The van der Waals surface area contributed by atoms with E-state index in [-0.39, 0.29) is 0 Å². The molecule has 0 fully saturated rings. The lowest BCUT2D eigenvalue weighted by Crippen LogP contribution is -2.18.